The van der Waals surface area contributed by atoms with Crippen LogP contribution < -0.4 is 11.1 Å². The van der Waals surface area contributed by atoms with Gasteiger partial charge in [-0.3, -0.25) is 4.79 Å². The number of aromatic nitrogens is 2. The van der Waals surface area contributed by atoms with Crippen molar-refractivity contribution in [2.75, 3.05) is 12.8 Å². The number of carbonyl (C=O) groups is 1. The van der Waals surface area contributed by atoms with Gasteiger partial charge in [-0.2, -0.15) is 0 Å². The summed E-state index contributed by atoms with van der Waals surface area (Å²) >= 11 is 1.74. The van der Waals surface area contributed by atoms with E-state index in [0.717, 1.165) is 30.2 Å². The van der Waals surface area contributed by atoms with E-state index in [2.05, 4.69) is 10.3 Å². The molecule has 1 amide bonds. The lowest BCUT2D eigenvalue weighted by molar-refractivity contribution is -0.123. The van der Waals surface area contributed by atoms with Crippen LogP contribution in [0.2, 0.25) is 0 Å². The third-order valence-corrected chi connectivity index (χ3v) is 4.32. The van der Waals surface area contributed by atoms with Crippen molar-refractivity contribution < 1.29 is 4.79 Å². The second kappa shape index (κ2) is 6.80. The van der Waals surface area contributed by atoms with Gasteiger partial charge in [0.15, 0.2) is 5.16 Å². The van der Waals surface area contributed by atoms with Crippen LogP contribution in [0.1, 0.15) is 26.2 Å². The number of likely N-dealkylation sites (N-methyl/N-ethyl adjacent to an activating group) is 1. The molecule has 1 aromatic heterocycles. The summed E-state index contributed by atoms with van der Waals surface area (Å²) in [7, 11) is 3.76. The SMILES string of the molecule is CNC(C)(CCCCSc1nccn1C)C(N)=O. The van der Waals surface area contributed by atoms with Crippen LogP contribution in [0.5, 0.6) is 0 Å². The van der Waals surface area contributed by atoms with Gasteiger partial charge in [0, 0.05) is 25.2 Å². The van der Waals surface area contributed by atoms with Gasteiger partial charge in [0.05, 0.1) is 5.54 Å². The predicted octanol–water partition coefficient (Wildman–Crippen LogP) is 1.15. The molecule has 6 heteroatoms. The van der Waals surface area contributed by atoms with Gasteiger partial charge in [-0.25, -0.2) is 4.98 Å². The first kappa shape index (κ1) is 15.0. The highest BCUT2D eigenvalue weighted by Crippen LogP contribution is 2.19. The Bertz CT molecular complexity index is 393. The van der Waals surface area contributed by atoms with Crippen molar-refractivity contribution in [1.82, 2.24) is 14.9 Å². The molecule has 0 aliphatic heterocycles. The maximum absolute atomic E-state index is 11.3. The summed E-state index contributed by atoms with van der Waals surface area (Å²) in [5.41, 5.74) is 4.78. The molecule has 0 radical (unpaired) electrons. The Kier molecular flexibility index (Phi) is 5.68. The van der Waals surface area contributed by atoms with Crippen molar-refractivity contribution in [3.05, 3.63) is 12.4 Å². The molecule has 0 aliphatic rings. The van der Waals surface area contributed by atoms with Crippen molar-refractivity contribution in [3.63, 3.8) is 0 Å². The van der Waals surface area contributed by atoms with Crippen molar-refractivity contribution in [2.24, 2.45) is 12.8 Å². The minimum absolute atomic E-state index is 0.290. The number of nitrogens with two attached hydrogens (primary N) is 1. The Morgan fingerprint density at radius 1 is 1.61 bits per heavy atom. The minimum atomic E-state index is -0.589. The molecular weight excluding hydrogens is 248 g/mol. The quantitative estimate of drug-likeness (QED) is 0.549. The second-order valence-electron chi connectivity index (χ2n) is 4.57. The van der Waals surface area contributed by atoms with Crippen LogP contribution in [0, 0.1) is 0 Å². The monoisotopic (exact) mass is 270 g/mol. The van der Waals surface area contributed by atoms with E-state index in [1.807, 2.05) is 24.7 Å². The van der Waals surface area contributed by atoms with E-state index in [9.17, 15) is 4.79 Å². The summed E-state index contributed by atoms with van der Waals surface area (Å²) in [6.07, 6.45) is 6.51. The topological polar surface area (TPSA) is 72.9 Å². The lowest BCUT2D eigenvalue weighted by Gasteiger charge is -2.25. The lowest BCUT2D eigenvalue weighted by atomic mass is 9.94. The van der Waals surface area contributed by atoms with Gasteiger partial charge >= 0.3 is 0 Å². The average molecular weight is 270 g/mol. The van der Waals surface area contributed by atoms with Crippen molar-refractivity contribution in [3.8, 4) is 0 Å². The molecule has 1 aromatic rings. The molecule has 0 spiro atoms. The van der Waals surface area contributed by atoms with E-state index in [-0.39, 0.29) is 5.91 Å². The third kappa shape index (κ3) is 4.03. The summed E-state index contributed by atoms with van der Waals surface area (Å²) in [6, 6.07) is 0. The van der Waals surface area contributed by atoms with Crippen molar-refractivity contribution in [1.29, 1.82) is 0 Å². The molecule has 102 valence electrons. The number of thioether (sulfide) groups is 1. The number of hydrogen-bond acceptors (Lipinski definition) is 4. The summed E-state index contributed by atoms with van der Waals surface area (Å²) in [4.78, 5) is 15.5. The Morgan fingerprint density at radius 2 is 2.33 bits per heavy atom. The number of aryl methyl sites for hydroxylation is 1. The van der Waals surface area contributed by atoms with Gasteiger partial charge in [0.2, 0.25) is 5.91 Å². The molecule has 1 atom stereocenters. The Hall–Kier alpha value is -1.01. The van der Waals surface area contributed by atoms with Crippen molar-refractivity contribution in [2.45, 2.75) is 36.9 Å². The number of nitrogens with one attached hydrogen (secondary N) is 1. The number of unbranched alkanes of at least 4 members (excludes halogenated alkanes) is 1. The first-order valence-electron chi connectivity index (χ1n) is 6.08. The first-order chi connectivity index (χ1) is 8.49. The van der Waals surface area contributed by atoms with Crippen LogP contribution in [-0.2, 0) is 11.8 Å². The summed E-state index contributed by atoms with van der Waals surface area (Å²) < 4.78 is 2.01. The highest BCUT2D eigenvalue weighted by Gasteiger charge is 2.27. The summed E-state index contributed by atoms with van der Waals surface area (Å²) in [5.74, 6) is 0.713. The highest BCUT2D eigenvalue weighted by atomic mass is 32.2. The molecule has 0 bridgehead atoms. The Labute approximate surface area is 113 Å². The van der Waals surface area contributed by atoms with Gasteiger partial charge in [-0.05, 0) is 26.8 Å². The van der Waals surface area contributed by atoms with Crippen LogP contribution in [0.4, 0.5) is 0 Å². The van der Waals surface area contributed by atoms with E-state index in [1.165, 1.54) is 0 Å². The van der Waals surface area contributed by atoms with E-state index in [1.54, 1.807) is 25.0 Å². The number of rotatable bonds is 8. The fraction of sp³-hybridized carbons (Fsp3) is 0.667. The lowest BCUT2D eigenvalue weighted by Crippen LogP contribution is -2.51. The molecule has 3 N–H and O–H groups in total. The number of primary amides is 1. The van der Waals surface area contributed by atoms with Gasteiger partial charge in [0.1, 0.15) is 0 Å². The standard InChI is InChI=1S/C12H22N4OS/c1-12(14-2,10(13)17)6-4-5-9-18-11-15-7-8-16(11)3/h7-8,14H,4-6,9H2,1-3H3,(H2,13,17). The Balaban J connectivity index is 2.23. The van der Waals surface area contributed by atoms with E-state index in [0.29, 0.717) is 0 Å². The third-order valence-electron chi connectivity index (χ3n) is 3.17. The van der Waals surface area contributed by atoms with Gasteiger partial charge in [-0.1, -0.05) is 18.2 Å². The minimum Gasteiger partial charge on any atom is -0.368 e. The highest BCUT2D eigenvalue weighted by molar-refractivity contribution is 7.99. The molecule has 0 fully saturated rings. The predicted molar refractivity (Wildman–Crippen MR) is 74.4 cm³/mol. The maximum atomic E-state index is 11.3. The largest absolute Gasteiger partial charge is 0.368 e. The normalized spacial score (nSPS) is 14.4. The van der Waals surface area contributed by atoms with Crippen LogP contribution >= 0.6 is 11.8 Å². The fourth-order valence-electron chi connectivity index (χ4n) is 1.61. The summed E-state index contributed by atoms with van der Waals surface area (Å²) in [6.45, 7) is 1.85. The van der Waals surface area contributed by atoms with Crippen LogP contribution in [0.3, 0.4) is 0 Å². The molecule has 18 heavy (non-hydrogen) atoms. The zero-order valence-corrected chi connectivity index (χ0v) is 12.1. The van der Waals surface area contributed by atoms with E-state index >= 15 is 0 Å². The number of hydrogen-bond donors (Lipinski definition) is 2. The molecule has 1 rings (SSSR count). The average Bonchev–Trinajstić information content (AvgIpc) is 2.74. The first-order valence-corrected chi connectivity index (χ1v) is 7.07. The fourth-order valence-corrected chi connectivity index (χ4v) is 2.54. The molecule has 0 aliphatic carbocycles. The second-order valence-corrected chi connectivity index (χ2v) is 5.63. The molecular formula is C12H22N4OS. The molecule has 1 heterocycles. The Morgan fingerprint density at radius 3 is 2.83 bits per heavy atom. The van der Waals surface area contributed by atoms with Crippen LogP contribution in [-0.4, -0.2) is 33.8 Å². The number of amides is 1. The smallest absolute Gasteiger partial charge is 0.237 e. The number of nitrogens with zero attached hydrogens (tertiary/aromatic N) is 2. The molecule has 0 aromatic carbocycles. The summed E-state index contributed by atoms with van der Waals surface area (Å²) in [5, 5.41) is 4.02. The molecule has 0 saturated carbocycles. The molecule has 1 unspecified atom stereocenters. The van der Waals surface area contributed by atoms with E-state index < -0.39 is 5.54 Å². The van der Waals surface area contributed by atoms with Gasteiger partial charge in [0.25, 0.3) is 0 Å². The van der Waals surface area contributed by atoms with Crippen molar-refractivity contribution >= 4 is 17.7 Å². The zero-order chi connectivity index (χ0) is 13.6. The van der Waals surface area contributed by atoms with Crippen LogP contribution in [0.25, 0.3) is 0 Å². The van der Waals surface area contributed by atoms with Crippen LogP contribution in [0.15, 0.2) is 17.6 Å². The van der Waals surface area contributed by atoms with Gasteiger partial charge < -0.3 is 15.6 Å². The zero-order valence-electron chi connectivity index (χ0n) is 11.3. The molecule has 5 nitrogen and oxygen atoms in total. The van der Waals surface area contributed by atoms with Gasteiger partial charge in [-0.15, -0.1) is 0 Å². The maximum Gasteiger partial charge on any atom is 0.237 e. The van der Waals surface area contributed by atoms with E-state index in [4.69, 9.17) is 5.73 Å². The number of carbonyl (C=O) groups excluding carboxylic acids is 1. The number of imidazole rings is 1. The molecule has 0 saturated heterocycles.